The molecule has 1 saturated heterocycles. The van der Waals surface area contributed by atoms with Crippen molar-refractivity contribution in [1.29, 1.82) is 0 Å². The molecule has 160 valence electrons. The minimum atomic E-state index is -0.546. The second kappa shape index (κ2) is 10.4. The zero-order chi connectivity index (χ0) is 21.5. The van der Waals surface area contributed by atoms with Crippen LogP contribution in [0.2, 0.25) is 0 Å². The Morgan fingerprint density at radius 2 is 1.93 bits per heavy atom. The molecule has 1 aromatic carbocycles. The number of piperidine rings is 1. The largest absolute Gasteiger partial charge is 0.462 e. The summed E-state index contributed by atoms with van der Waals surface area (Å²) >= 11 is 1.11. The number of hydrogen-bond acceptors (Lipinski definition) is 6. The number of esters is 1. The molecule has 1 aromatic heterocycles. The molecule has 0 aliphatic carbocycles. The highest BCUT2D eigenvalue weighted by Crippen LogP contribution is 2.25. The van der Waals surface area contributed by atoms with Crippen LogP contribution in [0.5, 0.6) is 0 Å². The molecule has 3 rings (SSSR count). The second-order valence-corrected chi connectivity index (χ2v) is 8.33. The molecule has 2 heterocycles. The van der Waals surface area contributed by atoms with Gasteiger partial charge in [-0.05, 0) is 44.6 Å². The van der Waals surface area contributed by atoms with Crippen molar-refractivity contribution >= 4 is 23.6 Å². The number of rotatable bonds is 7. The molecule has 0 saturated carbocycles. The smallest absolute Gasteiger partial charge is 0.346 e. The topological polar surface area (TPSA) is 92.4 Å². The molecule has 30 heavy (non-hydrogen) atoms. The molecule has 0 bridgehead atoms. The minimum Gasteiger partial charge on any atom is -0.462 e. The van der Waals surface area contributed by atoms with E-state index in [0.29, 0.717) is 11.6 Å². The number of amides is 1. The molecule has 7 nitrogen and oxygen atoms in total. The Labute approximate surface area is 180 Å². The first-order valence-electron chi connectivity index (χ1n) is 10.2. The van der Waals surface area contributed by atoms with E-state index in [2.05, 4.69) is 34.2 Å². The van der Waals surface area contributed by atoms with Crippen LogP contribution >= 0.6 is 11.8 Å². The average molecular weight is 430 g/mol. The van der Waals surface area contributed by atoms with Crippen LogP contribution in [0.4, 0.5) is 0 Å². The van der Waals surface area contributed by atoms with E-state index in [1.165, 1.54) is 5.56 Å². The summed E-state index contributed by atoms with van der Waals surface area (Å²) in [7, 11) is 0. The van der Waals surface area contributed by atoms with Gasteiger partial charge in [0.2, 0.25) is 5.91 Å². The average Bonchev–Trinajstić information content (AvgIpc) is 2.73. The summed E-state index contributed by atoms with van der Waals surface area (Å²) in [5.74, 6) is 0.158. The number of ether oxygens (including phenoxy) is 1. The van der Waals surface area contributed by atoms with Gasteiger partial charge in [0.05, 0.1) is 12.4 Å². The summed E-state index contributed by atoms with van der Waals surface area (Å²) in [4.78, 5) is 44.9. The van der Waals surface area contributed by atoms with Crippen molar-refractivity contribution in [3.05, 3.63) is 57.6 Å². The molecule has 1 aliphatic rings. The molecule has 1 aliphatic heterocycles. The molecule has 0 radical (unpaired) electrons. The van der Waals surface area contributed by atoms with Crippen LogP contribution in [0.15, 0.2) is 40.2 Å². The van der Waals surface area contributed by atoms with Gasteiger partial charge in [0.1, 0.15) is 10.6 Å². The molecule has 0 spiro atoms. The van der Waals surface area contributed by atoms with E-state index in [1.54, 1.807) is 13.8 Å². The summed E-state index contributed by atoms with van der Waals surface area (Å²) in [6.45, 7) is 5.01. The van der Waals surface area contributed by atoms with Crippen LogP contribution in [-0.4, -0.2) is 52.2 Å². The number of nitrogens with zero attached hydrogens (tertiary/aromatic N) is 2. The molecule has 1 fully saturated rings. The molecule has 1 N–H and O–H groups in total. The molecular formula is C22H27N3O4S. The summed E-state index contributed by atoms with van der Waals surface area (Å²) in [5.41, 5.74) is 1.40. The second-order valence-electron chi connectivity index (χ2n) is 7.37. The fourth-order valence-corrected chi connectivity index (χ4v) is 4.63. The molecule has 0 unspecified atom stereocenters. The normalized spacial score (nSPS) is 14.5. The van der Waals surface area contributed by atoms with Crippen molar-refractivity contribution in [2.24, 2.45) is 5.92 Å². The summed E-state index contributed by atoms with van der Waals surface area (Å²) in [6, 6.07) is 10.4. The quantitative estimate of drug-likeness (QED) is 0.413. The highest BCUT2D eigenvalue weighted by Gasteiger charge is 2.25. The third-order valence-corrected chi connectivity index (χ3v) is 6.19. The van der Waals surface area contributed by atoms with E-state index >= 15 is 0 Å². The highest BCUT2D eigenvalue weighted by atomic mass is 32.2. The van der Waals surface area contributed by atoms with Crippen molar-refractivity contribution in [2.45, 2.75) is 38.1 Å². The van der Waals surface area contributed by atoms with Crippen LogP contribution in [0.3, 0.4) is 0 Å². The van der Waals surface area contributed by atoms with Crippen molar-refractivity contribution in [1.82, 2.24) is 14.9 Å². The van der Waals surface area contributed by atoms with Gasteiger partial charge in [-0.2, -0.15) is 4.98 Å². The van der Waals surface area contributed by atoms with Gasteiger partial charge in [-0.1, -0.05) is 42.1 Å². The lowest BCUT2D eigenvalue weighted by molar-refractivity contribution is -0.129. The number of aromatic amines is 1. The molecule has 0 atom stereocenters. The highest BCUT2D eigenvalue weighted by molar-refractivity contribution is 8.00. The maximum atomic E-state index is 12.7. The summed E-state index contributed by atoms with van der Waals surface area (Å²) in [5, 5.41) is 0.238. The van der Waals surface area contributed by atoms with Crippen LogP contribution in [-0.2, 0) is 16.0 Å². The van der Waals surface area contributed by atoms with Gasteiger partial charge in [-0.3, -0.25) is 4.79 Å². The Morgan fingerprint density at radius 3 is 2.60 bits per heavy atom. The van der Waals surface area contributed by atoms with E-state index in [9.17, 15) is 14.4 Å². The fourth-order valence-electron chi connectivity index (χ4n) is 3.66. The van der Waals surface area contributed by atoms with E-state index in [4.69, 9.17) is 4.74 Å². The first kappa shape index (κ1) is 22.1. The molecule has 1 amide bonds. The lowest BCUT2D eigenvalue weighted by atomic mass is 9.90. The lowest BCUT2D eigenvalue weighted by Gasteiger charge is -2.32. The molecular weight excluding hydrogens is 402 g/mol. The monoisotopic (exact) mass is 429 g/mol. The van der Waals surface area contributed by atoms with Gasteiger partial charge in [0.15, 0.2) is 0 Å². The third kappa shape index (κ3) is 5.72. The zero-order valence-electron chi connectivity index (χ0n) is 17.3. The van der Waals surface area contributed by atoms with Crippen LogP contribution in [0, 0.1) is 12.8 Å². The van der Waals surface area contributed by atoms with Crippen molar-refractivity contribution in [3.63, 3.8) is 0 Å². The Balaban J connectivity index is 1.56. The number of benzene rings is 1. The first-order chi connectivity index (χ1) is 14.5. The van der Waals surface area contributed by atoms with Gasteiger partial charge < -0.3 is 14.6 Å². The Bertz CT molecular complexity index is 937. The van der Waals surface area contributed by atoms with Gasteiger partial charge >= 0.3 is 11.7 Å². The predicted molar refractivity (Wildman–Crippen MR) is 116 cm³/mol. The van der Waals surface area contributed by atoms with Gasteiger partial charge in [-0.25, -0.2) is 9.59 Å². The predicted octanol–water partition coefficient (Wildman–Crippen LogP) is 2.83. The van der Waals surface area contributed by atoms with E-state index in [1.807, 2.05) is 11.0 Å². The lowest BCUT2D eigenvalue weighted by Crippen LogP contribution is -2.40. The fraction of sp³-hybridized carbons (Fsp3) is 0.455. The maximum absolute atomic E-state index is 12.7. The standard InChI is InChI=1S/C22H27N3O4S/c1-3-29-21(27)19-15(2)23-22(28)24-20(19)30-14-18(26)25-11-9-17(10-12-25)13-16-7-5-4-6-8-16/h4-8,17H,3,9-14H2,1-2H3,(H,23,24,28). The minimum absolute atomic E-state index is 0.00675. The first-order valence-corrected chi connectivity index (χ1v) is 11.2. The number of aromatic nitrogens is 2. The van der Waals surface area contributed by atoms with Gasteiger partial charge in [0.25, 0.3) is 0 Å². The number of nitrogens with one attached hydrogen (secondary N) is 1. The SMILES string of the molecule is CCOC(=O)c1c(SCC(=O)N2CCC(Cc3ccccc3)CC2)nc(=O)[nH]c1C. The van der Waals surface area contributed by atoms with Gasteiger partial charge in [0, 0.05) is 18.8 Å². The Hall–Kier alpha value is -2.61. The van der Waals surface area contributed by atoms with Crippen LogP contribution in [0.1, 0.15) is 41.4 Å². The van der Waals surface area contributed by atoms with Crippen molar-refractivity contribution in [2.75, 3.05) is 25.4 Å². The number of carbonyl (C=O) groups excluding carboxylic acids is 2. The molecule has 8 heteroatoms. The number of aryl methyl sites for hydroxylation is 1. The Morgan fingerprint density at radius 1 is 1.23 bits per heavy atom. The van der Waals surface area contributed by atoms with Crippen LogP contribution < -0.4 is 5.69 Å². The molecule has 2 aromatic rings. The number of hydrogen-bond donors (Lipinski definition) is 1. The van der Waals surface area contributed by atoms with E-state index in [-0.39, 0.29) is 28.9 Å². The number of likely N-dealkylation sites (tertiary alicyclic amines) is 1. The van der Waals surface area contributed by atoms with E-state index < -0.39 is 11.7 Å². The van der Waals surface area contributed by atoms with Crippen LogP contribution in [0.25, 0.3) is 0 Å². The number of carbonyl (C=O) groups is 2. The third-order valence-electron chi connectivity index (χ3n) is 5.23. The van der Waals surface area contributed by atoms with Gasteiger partial charge in [-0.15, -0.1) is 0 Å². The summed E-state index contributed by atoms with van der Waals surface area (Å²) in [6.07, 6.45) is 2.99. The maximum Gasteiger partial charge on any atom is 0.346 e. The zero-order valence-corrected chi connectivity index (χ0v) is 18.2. The number of H-pyrrole nitrogens is 1. The van der Waals surface area contributed by atoms with Crippen molar-refractivity contribution < 1.29 is 14.3 Å². The van der Waals surface area contributed by atoms with Crippen molar-refractivity contribution in [3.8, 4) is 0 Å². The summed E-state index contributed by atoms with van der Waals surface area (Å²) < 4.78 is 5.06. The Kier molecular flexibility index (Phi) is 7.68. The van der Waals surface area contributed by atoms with E-state index in [0.717, 1.165) is 44.1 Å². The number of thioether (sulfide) groups is 1.